The SMILES string of the molecule is CCOc1cccc(NS(=O)(=O)c2cc(C)c(Br)s2)c1. The number of hydrogen-bond acceptors (Lipinski definition) is 4. The van der Waals surface area contributed by atoms with Gasteiger partial charge < -0.3 is 4.74 Å². The summed E-state index contributed by atoms with van der Waals surface area (Å²) in [5, 5.41) is 0. The first-order chi connectivity index (χ1) is 9.42. The number of hydrogen-bond donors (Lipinski definition) is 1. The van der Waals surface area contributed by atoms with Crippen LogP contribution in [0.5, 0.6) is 5.75 Å². The first kappa shape index (κ1) is 15.3. The lowest BCUT2D eigenvalue weighted by Crippen LogP contribution is -2.11. The molecule has 0 radical (unpaired) electrons. The van der Waals surface area contributed by atoms with Gasteiger partial charge in [-0.25, -0.2) is 8.42 Å². The minimum absolute atomic E-state index is 0.281. The van der Waals surface area contributed by atoms with Crippen LogP contribution in [0.25, 0.3) is 0 Å². The van der Waals surface area contributed by atoms with Crippen LogP contribution < -0.4 is 9.46 Å². The Kier molecular flexibility index (Phi) is 4.72. The summed E-state index contributed by atoms with van der Waals surface area (Å²) in [6, 6.07) is 8.53. The normalized spacial score (nSPS) is 11.3. The van der Waals surface area contributed by atoms with E-state index < -0.39 is 10.0 Å². The molecule has 2 rings (SSSR count). The third-order valence-corrected chi connectivity index (χ3v) is 6.49. The third-order valence-electron chi connectivity index (χ3n) is 2.50. The molecule has 1 heterocycles. The van der Waals surface area contributed by atoms with E-state index in [4.69, 9.17) is 4.74 Å². The summed E-state index contributed by atoms with van der Waals surface area (Å²) in [5.74, 6) is 0.635. The number of halogens is 1. The van der Waals surface area contributed by atoms with Crippen molar-refractivity contribution in [2.45, 2.75) is 18.1 Å². The van der Waals surface area contributed by atoms with Crippen molar-refractivity contribution in [3.63, 3.8) is 0 Å². The number of benzene rings is 1. The second-order valence-corrected chi connectivity index (χ2v) is 8.37. The Balaban J connectivity index is 2.26. The molecule has 108 valence electrons. The van der Waals surface area contributed by atoms with Gasteiger partial charge in [0, 0.05) is 6.07 Å². The van der Waals surface area contributed by atoms with Crippen LogP contribution >= 0.6 is 27.3 Å². The predicted molar refractivity (Wildman–Crippen MR) is 85.2 cm³/mol. The van der Waals surface area contributed by atoms with Gasteiger partial charge in [-0.3, -0.25) is 4.72 Å². The van der Waals surface area contributed by atoms with E-state index in [0.717, 1.165) is 9.35 Å². The molecule has 0 spiro atoms. The summed E-state index contributed by atoms with van der Waals surface area (Å²) in [7, 11) is -3.56. The highest BCUT2D eigenvalue weighted by Gasteiger charge is 2.18. The molecule has 0 bridgehead atoms. The van der Waals surface area contributed by atoms with Gasteiger partial charge in [-0.2, -0.15) is 0 Å². The molecule has 0 saturated heterocycles. The molecule has 0 aliphatic rings. The van der Waals surface area contributed by atoms with Crippen molar-refractivity contribution in [2.75, 3.05) is 11.3 Å². The maximum atomic E-state index is 12.3. The molecule has 1 aromatic carbocycles. The van der Waals surface area contributed by atoms with Gasteiger partial charge in [0.2, 0.25) is 0 Å². The minimum atomic E-state index is -3.56. The molecule has 0 aliphatic carbocycles. The van der Waals surface area contributed by atoms with Crippen LogP contribution in [0.15, 0.2) is 38.3 Å². The van der Waals surface area contributed by atoms with Crippen LogP contribution in [0.2, 0.25) is 0 Å². The van der Waals surface area contributed by atoms with Crippen LogP contribution in [0.1, 0.15) is 12.5 Å². The third kappa shape index (κ3) is 3.53. The second kappa shape index (κ2) is 6.15. The molecule has 4 nitrogen and oxygen atoms in total. The smallest absolute Gasteiger partial charge is 0.271 e. The molecule has 1 N–H and O–H groups in total. The minimum Gasteiger partial charge on any atom is -0.494 e. The van der Waals surface area contributed by atoms with E-state index in [2.05, 4.69) is 20.7 Å². The number of rotatable bonds is 5. The predicted octanol–water partition coefficient (Wildman–Crippen LogP) is 4.02. The monoisotopic (exact) mass is 375 g/mol. The van der Waals surface area contributed by atoms with Crippen molar-refractivity contribution in [3.8, 4) is 5.75 Å². The largest absolute Gasteiger partial charge is 0.494 e. The molecule has 0 aliphatic heterocycles. The quantitative estimate of drug-likeness (QED) is 0.858. The number of aryl methyl sites for hydroxylation is 1. The fourth-order valence-corrected chi connectivity index (χ4v) is 4.86. The lowest BCUT2D eigenvalue weighted by Gasteiger charge is -2.08. The van der Waals surface area contributed by atoms with Crippen molar-refractivity contribution < 1.29 is 13.2 Å². The van der Waals surface area contributed by atoms with Crippen molar-refractivity contribution in [1.29, 1.82) is 0 Å². The molecule has 7 heteroatoms. The van der Waals surface area contributed by atoms with Crippen LogP contribution in [0, 0.1) is 6.92 Å². The van der Waals surface area contributed by atoms with Gasteiger partial charge in [0.25, 0.3) is 10.0 Å². The van der Waals surface area contributed by atoms with Gasteiger partial charge in [-0.15, -0.1) is 11.3 Å². The molecule has 0 unspecified atom stereocenters. The van der Waals surface area contributed by atoms with Crippen molar-refractivity contribution >= 4 is 43.0 Å². The van der Waals surface area contributed by atoms with E-state index >= 15 is 0 Å². The van der Waals surface area contributed by atoms with Gasteiger partial charge in [0.1, 0.15) is 9.96 Å². The standard InChI is InChI=1S/C13H14BrNO3S2/c1-3-18-11-6-4-5-10(8-11)15-20(16,17)12-7-9(2)13(14)19-12/h4-8,15H,3H2,1-2H3. The molecular formula is C13H14BrNO3S2. The average Bonchev–Trinajstić information content (AvgIpc) is 2.71. The van der Waals surface area contributed by atoms with Crippen LogP contribution in [0.4, 0.5) is 5.69 Å². The molecule has 0 atom stereocenters. The Hall–Kier alpha value is -1.05. The maximum absolute atomic E-state index is 12.3. The lowest BCUT2D eigenvalue weighted by molar-refractivity contribution is 0.340. The van der Waals surface area contributed by atoms with Crippen LogP contribution in [-0.2, 0) is 10.0 Å². The van der Waals surface area contributed by atoms with E-state index in [0.29, 0.717) is 18.0 Å². The van der Waals surface area contributed by atoms with Gasteiger partial charge >= 0.3 is 0 Å². The lowest BCUT2D eigenvalue weighted by atomic mass is 10.3. The number of sulfonamides is 1. The summed E-state index contributed by atoms with van der Waals surface area (Å²) in [5.41, 5.74) is 1.39. The Morgan fingerprint density at radius 1 is 1.35 bits per heavy atom. The highest BCUT2D eigenvalue weighted by Crippen LogP contribution is 2.31. The summed E-state index contributed by atoms with van der Waals surface area (Å²) < 4.78 is 33.6. The van der Waals surface area contributed by atoms with E-state index in [1.54, 1.807) is 30.3 Å². The molecule has 2 aromatic rings. The molecule has 20 heavy (non-hydrogen) atoms. The highest BCUT2D eigenvalue weighted by atomic mass is 79.9. The summed E-state index contributed by atoms with van der Waals surface area (Å²) in [4.78, 5) is 0. The molecule has 0 fully saturated rings. The Morgan fingerprint density at radius 3 is 2.70 bits per heavy atom. The number of thiophene rings is 1. The van der Waals surface area contributed by atoms with Crippen LogP contribution in [0.3, 0.4) is 0 Å². The topological polar surface area (TPSA) is 55.4 Å². The van der Waals surface area contributed by atoms with Gasteiger partial charge in [-0.05, 0) is 53.5 Å². The van der Waals surface area contributed by atoms with Crippen molar-refractivity contribution in [1.82, 2.24) is 0 Å². The summed E-state index contributed by atoms with van der Waals surface area (Å²) >= 11 is 4.52. The van der Waals surface area contributed by atoms with Crippen molar-refractivity contribution in [3.05, 3.63) is 39.7 Å². The summed E-state index contributed by atoms with van der Waals surface area (Å²) in [6.45, 7) is 4.27. The molecule has 0 amide bonds. The fourth-order valence-electron chi connectivity index (χ4n) is 1.59. The molecule has 0 saturated carbocycles. The van der Waals surface area contributed by atoms with Gasteiger partial charge in [-0.1, -0.05) is 6.07 Å². The van der Waals surface area contributed by atoms with Crippen molar-refractivity contribution in [2.24, 2.45) is 0 Å². The Morgan fingerprint density at radius 2 is 2.10 bits per heavy atom. The van der Waals surface area contributed by atoms with Gasteiger partial charge in [0.15, 0.2) is 0 Å². The zero-order chi connectivity index (χ0) is 14.8. The van der Waals surface area contributed by atoms with E-state index in [-0.39, 0.29) is 4.21 Å². The maximum Gasteiger partial charge on any atom is 0.271 e. The molecule has 1 aromatic heterocycles. The first-order valence-corrected chi connectivity index (χ1v) is 9.03. The average molecular weight is 376 g/mol. The highest BCUT2D eigenvalue weighted by molar-refractivity contribution is 9.11. The zero-order valence-electron chi connectivity index (χ0n) is 11.0. The van der Waals surface area contributed by atoms with E-state index in [1.165, 1.54) is 11.3 Å². The fraction of sp³-hybridized carbons (Fsp3) is 0.231. The first-order valence-electron chi connectivity index (χ1n) is 5.94. The number of ether oxygens (including phenoxy) is 1. The van der Waals surface area contributed by atoms with E-state index in [1.807, 2.05) is 13.8 Å². The van der Waals surface area contributed by atoms with Gasteiger partial charge in [0.05, 0.1) is 16.1 Å². The van der Waals surface area contributed by atoms with Crippen LogP contribution in [-0.4, -0.2) is 15.0 Å². The zero-order valence-corrected chi connectivity index (χ0v) is 14.2. The Labute approximate surface area is 131 Å². The van der Waals surface area contributed by atoms with E-state index in [9.17, 15) is 8.42 Å². The second-order valence-electron chi connectivity index (χ2n) is 4.09. The summed E-state index contributed by atoms with van der Waals surface area (Å²) in [6.07, 6.45) is 0. The Bertz CT molecular complexity index is 691. The number of nitrogens with one attached hydrogen (secondary N) is 1. The molecular weight excluding hydrogens is 362 g/mol. The number of anilines is 1.